The van der Waals surface area contributed by atoms with E-state index in [4.69, 9.17) is 0 Å². The van der Waals surface area contributed by atoms with Crippen LogP contribution < -0.4 is 5.32 Å². The molecule has 0 aliphatic heterocycles. The molecule has 0 bridgehead atoms. The van der Waals surface area contributed by atoms with Gasteiger partial charge in [-0.05, 0) is 32.6 Å². The molecule has 1 aromatic heterocycles. The number of hydrogen-bond acceptors (Lipinski definition) is 3. The molecule has 2 aromatic rings. The number of aryl methyl sites for hydroxylation is 1. The summed E-state index contributed by atoms with van der Waals surface area (Å²) in [4.78, 5) is 18.6. The Labute approximate surface area is 125 Å². The molecule has 1 aromatic carbocycles. The van der Waals surface area contributed by atoms with Gasteiger partial charge in [-0.1, -0.05) is 30.3 Å². The van der Waals surface area contributed by atoms with Crippen molar-refractivity contribution < 1.29 is 4.79 Å². The summed E-state index contributed by atoms with van der Waals surface area (Å²) in [7, 11) is 5.88. The molecule has 0 aliphatic rings. The second-order valence-electron chi connectivity index (χ2n) is 5.39. The molecule has 21 heavy (non-hydrogen) atoms. The molecule has 5 nitrogen and oxygen atoms in total. The summed E-state index contributed by atoms with van der Waals surface area (Å²) in [5.74, 6) is 0.288. The van der Waals surface area contributed by atoms with Crippen LogP contribution in [0.5, 0.6) is 0 Å². The van der Waals surface area contributed by atoms with Gasteiger partial charge in [0.05, 0.1) is 6.04 Å². The van der Waals surface area contributed by atoms with E-state index in [1.165, 1.54) is 0 Å². The first-order chi connectivity index (χ1) is 10.1. The van der Waals surface area contributed by atoms with E-state index < -0.39 is 0 Å². The molecule has 0 radical (unpaired) electrons. The second kappa shape index (κ2) is 7.04. The smallest absolute Gasteiger partial charge is 0.287 e. The van der Waals surface area contributed by atoms with Gasteiger partial charge in [0.25, 0.3) is 5.91 Å². The molecule has 2 rings (SSSR count). The van der Waals surface area contributed by atoms with Crippen LogP contribution in [0, 0.1) is 0 Å². The van der Waals surface area contributed by atoms with Crippen LogP contribution in [0.4, 0.5) is 0 Å². The Morgan fingerprint density at radius 1 is 1.33 bits per heavy atom. The number of rotatable bonds is 6. The summed E-state index contributed by atoms with van der Waals surface area (Å²) >= 11 is 0. The van der Waals surface area contributed by atoms with Gasteiger partial charge in [0.15, 0.2) is 5.82 Å². The van der Waals surface area contributed by atoms with Crippen molar-refractivity contribution in [2.45, 2.75) is 12.5 Å². The molecule has 0 aliphatic carbocycles. The topological polar surface area (TPSA) is 50.2 Å². The van der Waals surface area contributed by atoms with Gasteiger partial charge in [0, 0.05) is 19.4 Å². The molecule has 1 heterocycles. The van der Waals surface area contributed by atoms with Crippen LogP contribution in [-0.2, 0) is 7.05 Å². The average Bonchev–Trinajstić information content (AvgIpc) is 2.90. The van der Waals surface area contributed by atoms with Crippen LogP contribution in [0.2, 0.25) is 0 Å². The fourth-order valence-electron chi connectivity index (χ4n) is 2.20. The van der Waals surface area contributed by atoms with Gasteiger partial charge >= 0.3 is 0 Å². The van der Waals surface area contributed by atoms with Crippen molar-refractivity contribution in [3.8, 4) is 0 Å². The van der Waals surface area contributed by atoms with Gasteiger partial charge < -0.3 is 14.8 Å². The number of carbonyl (C=O) groups is 1. The van der Waals surface area contributed by atoms with Crippen molar-refractivity contribution in [2.75, 3.05) is 20.6 Å². The number of imidazole rings is 1. The monoisotopic (exact) mass is 286 g/mol. The Balaban J connectivity index is 2.12. The minimum absolute atomic E-state index is 0.0159. The van der Waals surface area contributed by atoms with Gasteiger partial charge in [0.1, 0.15) is 0 Å². The Morgan fingerprint density at radius 2 is 2.05 bits per heavy atom. The Kier molecular flexibility index (Phi) is 5.11. The van der Waals surface area contributed by atoms with Crippen LogP contribution >= 0.6 is 0 Å². The predicted molar refractivity (Wildman–Crippen MR) is 83.0 cm³/mol. The van der Waals surface area contributed by atoms with Crippen molar-refractivity contribution in [3.05, 3.63) is 54.1 Å². The first-order valence-corrected chi connectivity index (χ1v) is 7.06. The van der Waals surface area contributed by atoms with Crippen molar-refractivity contribution in [1.29, 1.82) is 0 Å². The third-order valence-electron chi connectivity index (χ3n) is 3.40. The van der Waals surface area contributed by atoms with Crippen LogP contribution in [0.15, 0.2) is 42.7 Å². The van der Waals surface area contributed by atoms with E-state index in [1.54, 1.807) is 17.0 Å². The SMILES string of the molecule is CN(C)CC[C@@H](NC(=O)c1nccn1C)c1ccccc1. The number of aromatic nitrogens is 2. The van der Waals surface area contributed by atoms with Crippen molar-refractivity contribution in [3.63, 3.8) is 0 Å². The largest absolute Gasteiger partial charge is 0.343 e. The Hall–Kier alpha value is -2.14. The fourth-order valence-corrected chi connectivity index (χ4v) is 2.20. The standard InChI is InChI=1S/C16H22N4O/c1-19(2)11-9-14(13-7-5-4-6-8-13)18-16(21)15-17-10-12-20(15)3/h4-8,10,12,14H,9,11H2,1-3H3,(H,18,21)/t14-/m1/s1. The Morgan fingerprint density at radius 3 is 2.62 bits per heavy atom. The highest BCUT2D eigenvalue weighted by Gasteiger charge is 2.18. The van der Waals surface area contributed by atoms with Crippen molar-refractivity contribution in [1.82, 2.24) is 19.8 Å². The molecule has 112 valence electrons. The second-order valence-corrected chi connectivity index (χ2v) is 5.39. The molecule has 1 N–H and O–H groups in total. The maximum Gasteiger partial charge on any atom is 0.287 e. The lowest BCUT2D eigenvalue weighted by Gasteiger charge is -2.21. The first kappa shape index (κ1) is 15.3. The lowest BCUT2D eigenvalue weighted by molar-refractivity contribution is 0.0919. The molecular weight excluding hydrogens is 264 g/mol. The Bertz CT molecular complexity index is 577. The van der Waals surface area contributed by atoms with Crippen LogP contribution in [0.1, 0.15) is 28.6 Å². The van der Waals surface area contributed by atoms with Crippen LogP contribution in [0.3, 0.4) is 0 Å². The first-order valence-electron chi connectivity index (χ1n) is 7.06. The molecule has 0 unspecified atom stereocenters. The predicted octanol–water partition coefficient (Wildman–Crippen LogP) is 1.84. The lowest BCUT2D eigenvalue weighted by Crippen LogP contribution is -2.32. The zero-order chi connectivity index (χ0) is 15.2. The summed E-state index contributed by atoms with van der Waals surface area (Å²) in [6, 6.07) is 10.0. The highest BCUT2D eigenvalue weighted by Crippen LogP contribution is 2.17. The molecule has 0 spiro atoms. The fraction of sp³-hybridized carbons (Fsp3) is 0.375. The molecule has 0 saturated heterocycles. The summed E-state index contributed by atoms with van der Waals surface area (Å²) in [5, 5.41) is 3.08. The third kappa shape index (κ3) is 4.16. The number of nitrogens with zero attached hydrogens (tertiary/aromatic N) is 3. The summed E-state index contributed by atoms with van der Waals surface area (Å²) in [5.41, 5.74) is 1.11. The van der Waals surface area contributed by atoms with Gasteiger partial charge in [-0.25, -0.2) is 4.98 Å². The van der Waals surface area contributed by atoms with Gasteiger partial charge in [-0.15, -0.1) is 0 Å². The summed E-state index contributed by atoms with van der Waals surface area (Å²) < 4.78 is 1.73. The highest BCUT2D eigenvalue weighted by atomic mass is 16.2. The number of amides is 1. The van der Waals surface area contributed by atoms with Gasteiger partial charge in [0.2, 0.25) is 0 Å². The van der Waals surface area contributed by atoms with E-state index in [1.807, 2.05) is 51.5 Å². The van der Waals surface area contributed by atoms with Gasteiger partial charge in [-0.3, -0.25) is 4.79 Å². The number of benzene rings is 1. The number of nitrogens with one attached hydrogen (secondary N) is 1. The molecule has 1 atom stereocenters. The maximum atomic E-state index is 12.3. The normalized spacial score (nSPS) is 12.4. The number of carbonyl (C=O) groups excluding carboxylic acids is 1. The molecule has 5 heteroatoms. The quantitative estimate of drug-likeness (QED) is 0.881. The number of hydrogen-bond donors (Lipinski definition) is 1. The molecule has 0 saturated carbocycles. The minimum atomic E-state index is -0.143. The van der Waals surface area contributed by atoms with Crippen molar-refractivity contribution in [2.24, 2.45) is 7.05 Å². The molecular formula is C16H22N4O. The zero-order valence-corrected chi connectivity index (χ0v) is 12.8. The van der Waals surface area contributed by atoms with E-state index >= 15 is 0 Å². The van der Waals surface area contributed by atoms with Gasteiger partial charge in [-0.2, -0.15) is 0 Å². The average molecular weight is 286 g/mol. The van der Waals surface area contributed by atoms with E-state index in [9.17, 15) is 4.79 Å². The van der Waals surface area contributed by atoms with E-state index in [2.05, 4.69) is 15.2 Å². The summed E-state index contributed by atoms with van der Waals surface area (Å²) in [6.07, 6.45) is 4.26. The van der Waals surface area contributed by atoms with Crippen LogP contribution in [0.25, 0.3) is 0 Å². The zero-order valence-electron chi connectivity index (χ0n) is 12.8. The lowest BCUT2D eigenvalue weighted by atomic mass is 10.0. The van der Waals surface area contributed by atoms with Crippen molar-refractivity contribution >= 4 is 5.91 Å². The minimum Gasteiger partial charge on any atom is -0.343 e. The summed E-state index contributed by atoms with van der Waals surface area (Å²) in [6.45, 7) is 0.903. The van der Waals surface area contributed by atoms with E-state index in [0.29, 0.717) is 5.82 Å². The van der Waals surface area contributed by atoms with E-state index in [-0.39, 0.29) is 11.9 Å². The highest BCUT2D eigenvalue weighted by molar-refractivity contribution is 5.91. The third-order valence-corrected chi connectivity index (χ3v) is 3.40. The maximum absolute atomic E-state index is 12.3. The molecule has 0 fully saturated rings. The van der Waals surface area contributed by atoms with Crippen LogP contribution in [-0.4, -0.2) is 41.0 Å². The van der Waals surface area contributed by atoms with E-state index in [0.717, 1.165) is 18.5 Å². The molecule has 1 amide bonds.